The molecule has 0 saturated carbocycles. The fourth-order valence-electron chi connectivity index (χ4n) is 1.66. The van der Waals surface area contributed by atoms with E-state index in [1.165, 1.54) is 6.07 Å². The number of aryl methyl sites for hydroxylation is 1. The van der Waals surface area contributed by atoms with Crippen LogP contribution in [0, 0.1) is 6.92 Å². The van der Waals surface area contributed by atoms with E-state index in [-0.39, 0.29) is 17.1 Å². The van der Waals surface area contributed by atoms with E-state index in [0.29, 0.717) is 10.9 Å². The highest BCUT2D eigenvalue weighted by molar-refractivity contribution is 8.01. The molecule has 94 valence electrons. The second-order valence-corrected chi connectivity index (χ2v) is 7.37. The molecule has 2 heterocycles. The molecule has 1 aliphatic rings. The molecule has 1 aromatic heterocycles. The van der Waals surface area contributed by atoms with Gasteiger partial charge in [0.2, 0.25) is 0 Å². The Morgan fingerprint density at radius 2 is 2.24 bits per heavy atom. The number of hydrogen-bond acceptors (Lipinski definition) is 6. The van der Waals surface area contributed by atoms with E-state index < -0.39 is 21.2 Å². The van der Waals surface area contributed by atoms with Crippen LogP contribution in [0.1, 0.15) is 5.69 Å². The number of nitrogens with zero attached hydrogens (tertiary/aromatic N) is 1. The summed E-state index contributed by atoms with van der Waals surface area (Å²) >= 11 is 1.09. The molecule has 1 aliphatic heterocycles. The third-order valence-electron chi connectivity index (χ3n) is 2.38. The number of nitrogens with one attached hydrogen (secondary N) is 1. The van der Waals surface area contributed by atoms with Crippen LogP contribution < -0.4 is 5.56 Å². The van der Waals surface area contributed by atoms with E-state index >= 15 is 0 Å². The van der Waals surface area contributed by atoms with Crippen molar-refractivity contribution >= 4 is 21.6 Å². The minimum Gasteiger partial charge on any atom is -0.391 e. The van der Waals surface area contributed by atoms with Crippen molar-refractivity contribution in [3.63, 3.8) is 0 Å². The van der Waals surface area contributed by atoms with E-state index in [9.17, 15) is 18.3 Å². The second kappa shape index (κ2) is 4.43. The number of thioether (sulfide) groups is 1. The largest absolute Gasteiger partial charge is 0.391 e. The van der Waals surface area contributed by atoms with Crippen molar-refractivity contribution in [1.82, 2.24) is 9.97 Å². The minimum atomic E-state index is -3.18. The maximum atomic E-state index is 11.3. The summed E-state index contributed by atoms with van der Waals surface area (Å²) in [6.07, 6.45) is -0.907. The average Bonchev–Trinajstić information content (AvgIpc) is 2.37. The van der Waals surface area contributed by atoms with Crippen LogP contribution in [-0.2, 0) is 9.84 Å². The summed E-state index contributed by atoms with van der Waals surface area (Å²) in [6.45, 7) is 1.68. The van der Waals surface area contributed by atoms with Crippen molar-refractivity contribution in [3.05, 3.63) is 22.1 Å². The van der Waals surface area contributed by atoms with Gasteiger partial charge in [-0.25, -0.2) is 13.4 Å². The van der Waals surface area contributed by atoms with Crippen LogP contribution in [0.4, 0.5) is 0 Å². The third kappa shape index (κ3) is 3.08. The number of aromatic amines is 1. The maximum absolute atomic E-state index is 11.3. The molecule has 2 N–H and O–H groups in total. The second-order valence-electron chi connectivity index (χ2n) is 3.99. The fourth-order valence-corrected chi connectivity index (χ4v) is 5.18. The first kappa shape index (κ1) is 12.6. The molecule has 17 heavy (non-hydrogen) atoms. The summed E-state index contributed by atoms with van der Waals surface area (Å²) in [5, 5.41) is 9.48. The molecule has 2 atom stereocenters. The van der Waals surface area contributed by atoms with Crippen molar-refractivity contribution in [1.29, 1.82) is 0 Å². The molecule has 1 aromatic rings. The third-order valence-corrected chi connectivity index (χ3v) is 5.51. The Bertz CT molecular complexity index is 581. The summed E-state index contributed by atoms with van der Waals surface area (Å²) in [5.74, 6) is -0.308. The fraction of sp³-hybridized carbons (Fsp3) is 0.556. The predicted molar refractivity (Wildman–Crippen MR) is 63.9 cm³/mol. The maximum Gasteiger partial charge on any atom is 0.251 e. The minimum absolute atomic E-state index is 0.0868. The van der Waals surface area contributed by atoms with Crippen molar-refractivity contribution in [2.45, 2.75) is 23.4 Å². The number of H-pyrrole nitrogens is 1. The van der Waals surface area contributed by atoms with Crippen LogP contribution in [0.25, 0.3) is 0 Å². The van der Waals surface area contributed by atoms with Gasteiger partial charge in [0.05, 0.1) is 22.9 Å². The Morgan fingerprint density at radius 1 is 1.53 bits per heavy atom. The van der Waals surface area contributed by atoms with Crippen LogP contribution in [-0.4, -0.2) is 46.4 Å². The number of aliphatic hydroxyl groups excluding tert-OH is 1. The van der Waals surface area contributed by atoms with Crippen molar-refractivity contribution < 1.29 is 13.5 Å². The zero-order valence-corrected chi connectivity index (χ0v) is 10.7. The Labute approximate surface area is 102 Å². The van der Waals surface area contributed by atoms with Crippen molar-refractivity contribution in [2.24, 2.45) is 0 Å². The topological polar surface area (TPSA) is 100 Å². The molecule has 0 amide bonds. The van der Waals surface area contributed by atoms with E-state index in [0.717, 1.165) is 11.8 Å². The van der Waals surface area contributed by atoms with E-state index in [2.05, 4.69) is 9.97 Å². The molecule has 1 fully saturated rings. The molecular weight excluding hydrogens is 264 g/mol. The molecule has 0 aliphatic carbocycles. The van der Waals surface area contributed by atoms with E-state index in [1.807, 2.05) is 0 Å². The molecule has 2 rings (SSSR count). The molecule has 0 radical (unpaired) electrons. The summed E-state index contributed by atoms with van der Waals surface area (Å²) < 4.78 is 22.6. The van der Waals surface area contributed by atoms with Gasteiger partial charge < -0.3 is 10.1 Å². The average molecular weight is 276 g/mol. The highest BCUT2D eigenvalue weighted by Gasteiger charge is 2.37. The van der Waals surface area contributed by atoms with Gasteiger partial charge in [0.25, 0.3) is 5.56 Å². The van der Waals surface area contributed by atoms with Gasteiger partial charge in [-0.3, -0.25) is 4.79 Å². The number of hydrogen-bond donors (Lipinski definition) is 2. The van der Waals surface area contributed by atoms with Crippen molar-refractivity contribution in [2.75, 3.05) is 11.5 Å². The zero-order valence-electron chi connectivity index (χ0n) is 9.08. The Balaban J connectivity index is 2.19. The lowest BCUT2D eigenvalue weighted by Gasteiger charge is -2.10. The lowest BCUT2D eigenvalue weighted by Crippen LogP contribution is -2.21. The predicted octanol–water partition coefficient (Wildman–Crippen LogP) is -0.672. The quantitative estimate of drug-likeness (QED) is 0.695. The van der Waals surface area contributed by atoms with Gasteiger partial charge in [0.1, 0.15) is 0 Å². The van der Waals surface area contributed by atoms with Gasteiger partial charge >= 0.3 is 0 Å². The molecule has 1 saturated heterocycles. The summed E-state index contributed by atoms with van der Waals surface area (Å²) in [6, 6.07) is 1.35. The lowest BCUT2D eigenvalue weighted by atomic mass is 10.3. The summed E-state index contributed by atoms with van der Waals surface area (Å²) in [7, 11) is -3.18. The Morgan fingerprint density at radius 3 is 2.76 bits per heavy atom. The lowest BCUT2D eigenvalue weighted by molar-refractivity contribution is 0.207. The van der Waals surface area contributed by atoms with Gasteiger partial charge in [-0.05, 0) is 6.92 Å². The molecule has 0 aromatic carbocycles. The van der Waals surface area contributed by atoms with E-state index in [1.54, 1.807) is 6.92 Å². The zero-order chi connectivity index (χ0) is 12.6. The molecule has 8 heteroatoms. The summed E-state index contributed by atoms with van der Waals surface area (Å²) in [4.78, 5) is 17.8. The molecule has 0 bridgehead atoms. The number of sulfone groups is 1. The summed E-state index contributed by atoms with van der Waals surface area (Å²) in [5.41, 5.74) is 0.280. The molecule has 6 nitrogen and oxygen atoms in total. The van der Waals surface area contributed by atoms with Crippen LogP contribution in [0.5, 0.6) is 0 Å². The normalized spacial score (nSPS) is 27.2. The molecular formula is C9H12N2O4S2. The first-order valence-electron chi connectivity index (χ1n) is 4.99. The van der Waals surface area contributed by atoms with Crippen LogP contribution >= 0.6 is 11.8 Å². The standard InChI is InChI=1S/C9H12N2O4S2/c1-5-2-8(13)11-9(10-5)16-7-4-17(14,15)3-6(7)12/h2,6-7,12H,3-4H2,1H3,(H,10,11,13). The monoisotopic (exact) mass is 276 g/mol. The van der Waals surface area contributed by atoms with Gasteiger partial charge in [-0.2, -0.15) is 0 Å². The Hall–Kier alpha value is -0.860. The Kier molecular flexibility index (Phi) is 3.28. The SMILES string of the molecule is Cc1cc(=O)[nH]c(SC2CS(=O)(=O)CC2O)n1. The highest BCUT2D eigenvalue weighted by atomic mass is 32.2. The number of aromatic nitrogens is 2. The van der Waals surface area contributed by atoms with Gasteiger partial charge in [-0.15, -0.1) is 0 Å². The molecule has 2 unspecified atom stereocenters. The number of aliphatic hydroxyl groups is 1. The van der Waals surface area contributed by atoms with Crippen molar-refractivity contribution in [3.8, 4) is 0 Å². The smallest absolute Gasteiger partial charge is 0.251 e. The van der Waals surface area contributed by atoms with Gasteiger partial charge in [0, 0.05) is 11.8 Å². The van der Waals surface area contributed by atoms with Crippen LogP contribution in [0.15, 0.2) is 16.0 Å². The first-order chi connectivity index (χ1) is 7.85. The van der Waals surface area contributed by atoms with Gasteiger partial charge in [0.15, 0.2) is 15.0 Å². The highest BCUT2D eigenvalue weighted by Crippen LogP contribution is 2.28. The van der Waals surface area contributed by atoms with Crippen LogP contribution in [0.3, 0.4) is 0 Å². The van der Waals surface area contributed by atoms with Gasteiger partial charge in [-0.1, -0.05) is 11.8 Å². The number of rotatable bonds is 2. The van der Waals surface area contributed by atoms with E-state index in [4.69, 9.17) is 0 Å². The first-order valence-corrected chi connectivity index (χ1v) is 7.69. The van der Waals surface area contributed by atoms with Crippen LogP contribution in [0.2, 0.25) is 0 Å². The molecule has 0 spiro atoms.